The standard InChI is InChI=1S/C16H23N3/c1-4-17-15(16-10-11-19(3)18-16)9-8-14-7-5-6-13(2)12-14/h5-7,10-12,15,17H,4,8-9H2,1-3H3. The number of rotatable bonds is 6. The average molecular weight is 257 g/mol. The Morgan fingerprint density at radius 2 is 2.16 bits per heavy atom. The van der Waals surface area contributed by atoms with Crippen LogP contribution in [0.25, 0.3) is 0 Å². The molecular weight excluding hydrogens is 234 g/mol. The van der Waals surface area contributed by atoms with Gasteiger partial charge in [-0.05, 0) is 37.9 Å². The van der Waals surface area contributed by atoms with Crippen molar-refractivity contribution in [3.63, 3.8) is 0 Å². The molecule has 0 amide bonds. The number of hydrogen-bond donors (Lipinski definition) is 1. The summed E-state index contributed by atoms with van der Waals surface area (Å²) in [5.41, 5.74) is 3.87. The van der Waals surface area contributed by atoms with Crippen molar-refractivity contribution in [2.75, 3.05) is 6.54 Å². The first-order valence-electron chi connectivity index (χ1n) is 6.97. The van der Waals surface area contributed by atoms with Crippen LogP contribution in [0.4, 0.5) is 0 Å². The minimum absolute atomic E-state index is 0.340. The van der Waals surface area contributed by atoms with E-state index >= 15 is 0 Å². The van der Waals surface area contributed by atoms with Crippen molar-refractivity contribution in [2.45, 2.75) is 32.7 Å². The summed E-state index contributed by atoms with van der Waals surface area (Å²) in [4.78, 5) is 0. The highest BCUT2D eigenvalue weighted by molar-refractivity contribution is 5.22. The largest absolute Gasteiger partial charge is 0.309 e. The molecule has 0 fully saturated rings. The van der Waals surface area contributed by atoms with E-state index in [-0.39, 0.29) is 0 Å². The normalized spacial score (nSPS) is 12.6. The number of nitrogens with one attached hydrogen (secondary N) is 1. The summed E-state index contributed by atoms with van der Waals surface area (Å²) in [6.07, 6.45) is 4.16. The summed E-state index contributed by atoms with van der Waals surface area (Å²) >= 11 is 0. The van der Waals surface area contributed by atoms with Gasteiger partial charge in [-0.2, -0.15) is 5.10 Å². The molecule has 1 aromatic carbocycles. The van der Waals surface area contributed by atoms with Crippen molar-refractivity contribution in [3.8, 4) is 0 Å². The van der Waals surface area contributed by atoms with Crippen LogP contribution in [-0.4, -0.2) is 16.3 Å². The molecule has 0 saturated heterocycles. The van der Waals surface area contributed by atoms with Gasteiger partial charge in [-0.1, -0.05) is 36.8 Å². The molecule has 0 saturated carbocycles. The summed E-state index contributed by atoms with van der Waals surface area (Å²) in [5, 5.41) is 8.03. The van der Waals surface area contributed by atoms with E-state index in [2.05, 4.69) is 54.6 Å². The molecule has 1 unspecified atom stereocenters. The van der Waals surface area contributed by atoms with Gasteiger partial charge in [0.25, 0.3) is 0 Å². The lowest BCUT2D eigenvalue weighted by Crippen LogP contribution is -2.22. The molecule has 0 aliphatic rings. The zero-order chi connectivity index (χ0) is 13.7. The van der Waals surface area contributed by atoms with Gasteiger partial charge in [0, 0.05) is 13.2 Å². The molecular formula is C16H23N3. The highest BCUT2D eigenvalue weighted by Crippen LogP contribution is 2.18. The second-order valence-corrected chi connectivity index (χ2v) is 5.05. The number of aromatic nitrogens is 2. The maximum Gasteiger partial charge on any atom is 0.0793 e. The second-order valence-electron chi connectivity index (χ2n) is 5.05. The topological polar surface area (TPSA) is 29.9 Å². The average Bonchev–Trinajstić information content (AvgIpc) is 2.81. The summed E-state index contributed by atoms with van der Waals surface area (Å²) < 4.78 is 1.87. The van der Waals surface area contributed by atoms with Crippen molar-refractivity contribution >= 4 is 0 Å². The van der Waals surface area contributed by atoms with Gasteiger partial charge in [0.1, 0.15) is 0 Å². The van der Waals surface area contributed by atoms with Crippen LogP contribution in [0.3, 0.4) is 0 Å². The van der Waals surface area contributed by atoms with Crippen LogP contribution in [0.5, 0.6) is 0 Å². The molecule has 3 heteroatoms. The summed E-state index contributed by atoms with van der Waals surface area (Å²) in [6.45, 7) is 5.25. The van der Waals surface area contributed by atoms with Gasteiger partial charge < -0.3 is 5.32 Å². The first kappa shape index (κ1) is 13.8. The second kappa shape index (κ2) is 6.53. The van der Waals surface area contributed by atoms with Gasteiger partial charge in [0.2, 0.25) is 0 Å². The van der Waals surface area contributed by atoms with Crippen LogP contribution in [0.1, 0.15) is 36.2 Å². The van der Waals surface area contributed by atoms with Crippen LogP contribution >= 0.6 is 0 Å². The molecule has 102 valence electrons. The van der Waals surface area contributed by atoms with E-state index in [1.165, 1.54) is 11.1 Å². The van der Waals surface area contributed by atoms with Crippen LogP contribution in [-0.2, 0) is 13.5 Å². The molecule has 1 heterocycles. The highest BCUT2D eigenvalue weighted by Gasteiger charge is 2.12. The van der Waals surface area contributed by atoms with Crippen LogP contribution in [0.2, 0.25) is 0 Å². The Labute approximate surface area is 115 Å². The van der Waals surface area contributed by atoms with Crippen LogP contribution in [0, 0.1) is 6.92 Å². The zero-order valence-electron chi connectivity index (χ0n) is 12.1. The Bertz CT molecular complexity index is 516. The van der Waals surface area contributed by atoms with E-state index < -0.39 is 0 Å². The third-order valence-electron chi connectivity index (χ3n) is 3.35. The Kier molecular flexibility index (Phi) is 4.74. The molecule has 1 aromatic heterocycles. The van der Waals surface area contributed by atoms with E-state index in [0.29, 0.717) is 6.04 Å². The maximum atomic E-state index is 4.51. The third kappa shape index (κ3) is 3.93. The molecule has 0 aliphatic carbocycles. The smallest absolute Gasteiger partial charge is 0.0793 e. The first-order valence-corrected chi connectivity index (χ1v) is 6.97. The predicted octanol–water partition coefficient (Wildman–Crippen LogP) is 3.01. The van der Waals surface area contributed by atoms with Crippen LogP contribution in [0.15, 0.2) is 36.5 Å². The molecule has 2 rings (SSSR count). The van der Waals surface area contributed by atoms with Crippen molar-refractivity contribution in [1.82, 2.24) is 15.1 Å². The van der Waals surface area contributed by atoms with E-state index in [0.717, 1.165) is 25.1 Å². The molecule has 1 N–H and O–H groups in total. The minimum atomic E-state index is 0.340. The fraction of sp³-hybridized carbons (Fsp3) is 0.438. The minimum Gasteiger partial charge on any atom is -0.309 e. The molecule has 1 atom stereocenters. The van der Waals surface area contributed by atoms with Crippen molar-refractivity contribution < 1.29 is 0 Å². The van der Waals surface area contributed by atoms with Gasteiger partial charge in [-0.15, -0.1) is 0 Å². The lowest BCUT2D eigenvalue weighted by Gasteiger charge is -2.15. The molecule has 0 bridgehead atoms. The van der Waals surface area contributed by atoms with Crippen LogP contribution < -0.4 is 5.32 Å². The van der Waals surface area contributed by atoms with Crippen molar-refractivity contribution in [3.05, 3.63) is 53.3 Å². The van der Waals surface area contributed by atoms with Gasteiger partial charge >= 0.3 is 0 Å². The molecule has 3 nitrogen and oxygen atoms in total. The Hall–Kier alpha value is -1.61. The first-order chi connectivity index (χ1) is 9.19. The quantitative estimate of drug-likeness (QED) is 0.862. The van der Waals surface area contributed by atoms with E-state index in [1.54, 1.807) is 0 Å². The highest BCUT2D eigenvalue weighted by atomic mass is 15.3. The Balaban J connectivity index is 2.01. The summed E-state index contributed by atoms with van der Waals surface area (Å²) in [6, 6.07) is 11.2. The Morgan fingerprint density at radius 3 is 2.79 bits per heavy atom. The lowest BCUT2D eigenvalue weighted by atomic mass is 10.0. The fourth-order valence-corrected chi connectivity index (χ4v) is 2.40. The van der Waals surface area contributed by atoms with Gasteiger partial charge in [-0.3, -0.25) is 4.68 Å². The third-order valence-corrected chi connectivity index (χ3v) is 3.35. The molecule has 0 aliphatic heterocycles. The number of hydrogen-bond acceptors (Lipinski definition) is 2. The lowest BCUT2D eigenvalue weighted by molar-refractivity contribution is 0.497. The van der Waals surface area contributed by atoms with Crippen molar-refractivity contribution in [1.29, 1.82) is 0 Å². The van der Waals surface area contributed by atoms with Gasteiger partial charge in [0.15, 0.2) is 0 Å². The SMILES string of the molecule is CCNC(CCc1cccc(C)c1)c1ccn(C)n1. The summed E-state index contributed by atoms with van der Waals surface area (Å²) in [7, 11) is 1.97. The molecule has 19 heavy (non-hydrogen) atoms. The molecule has 0 spiro atoms. The van der Waals surface area contributed by atoms with E-state index in [4.69, 9.17) is 0 Å². The zero-order valence-corrected chi connectivity index (χ0v) is 12.1. The molecule has 2 aromatic rings. The van der Waals surface area contributed by atoms with Crippen molar-refractivity contribution in [2.24, 2.45) is 7.05 Å². The predicted molar refractivity (Wildman–Crippen MR) is 79.1 cm³/mol. The van der Waals surface area contributed by atoms with E-state index in [1.807, 2.05) is 17.9 Å². The van der Waals surface area contributed by atoms with Gasteiger partial charge in [-0.25, -0.2) is 0 Å². The fourth-order valence-electron chi connectivity index (χ4n) is 2.40. The maximum absolute atomic E-state index is 4.51. The summed E-state index contributed by atoms with van der Waals surface area (Å²) in [5.74, 6) is 0. The Morgan fingerprint density at radius 1 is 1.32 bits per heavy atom. The number of benzene rings is 1. The number of nitrogens with zero attached hydrogens (tertiary/aromatic N) is 2. The monoisotopic (exact) mass is 257 g/mol. The number of aryl methyl sites for hydroxylation is 3. The molecule has 0 radical (unpaired) electrons. The van der Waals surface area contributed by atoms with E-state index in [9.17, 15) is 0 Å². The van der Waals surface area contributed by atoms with Gasteiger partial charge in [0.05, 0.1) is 11.7 Å².